The largest absolute Gasteiger partial charge is 0.511 e. The predicted octanol–water partition coefficient (Wildman–Crippen LogP) is 2.47. The van der Waals surface area contributed by atoms with Crippen molar-refractivity contribution in [3.63, 3.8) is 0 Å². The standard InChI is InChI=1S/C14H19ClF3N3O4S/c1-8(21-26(23,24)14(16,17)18)7-25-9-5-10(11(15)19-6-9)12(22)20-13(2,3)4/h5-6,8,21H,7H2,1-4H3,(H,20,22)/t8-/m0/s1. The summed E-state index contributed by atoms with van der Waals surface area (Å²) in [6, 6.07) is 0.0886. The van der Waals surface area contributed by atoms with Gasteiger partial charge >= 0.3 is 15.5 Å². The first kappa shape index (κ1) is 22.5. The third-order valence-corrected chi connectivity index (χ3v) is 4.33. The molecule has 0 aliphatic heterocycles. The summed E-state index contributed by atoms with van der Waals surface area (Å²) < 4.78 is 65.6. The van der Waals surface area contributed by atoms with Gasteiger partial charge in [-0.1, -0.05) is 11.6 Å². The van der Waals surface area contributed by atoms with E-state index in [0.29, 0.717) is 0 Å². The van der Waals surface area contributed by atoms with Crippen LogP contribution >= 0.6 is 11.6 Å². The van der Waals surface area contributed by atoms with Gasteiger partial charge in [0.25, 0.3) is 5.91 Å². The van der Waals surface area contributed by atoms with E-state index in [2.05, 4.69) is 10.3 Å². The van der Waals surface area contributed by atoms with Gasteiger partial charge in [0.15, 0.2) is 0 Å². The van der Waals surface area contributed by atoms with Crippen LogP contribution in [0.25, 0.3) is 0 Å². The van der Waals surface area contributed by atoms with Crippen molar-refractivity contribution in [1.29, 1.82) is 0 Å². The van der Waals surface area contributed by atoms with Crippen molar-refractivity contribution < 1.29 is 31.1 Å². The number of sulfonamides is 1. The van der Waals surface area contributed by atoms with E-state index in [1.54, 1.807) is 20.8 Å². The lowest BCUT2D eigenvalue weighted by Crippen LogP contribution is -2.43. The van der Waals surface area contributed by atoms with Crippen LogP contribution in [-0.2, 0) is 10.0 Å². The fraction of sp³-hybridized carbons (Fsp3) is 0.571. The molecule has 26 heavy (non-hydrogen) atoms. The third-order valence-electron chi connectivity index (χ3n) is 2.71. The maximum atomic E-state index is 12.3. The van der Waals surface area contributed by atoms with Crippen LogP contribution in [0.5, 0.6) is 5.75 Å². The lowest BCUT2D eigenvalue weighted by atomic mass is 10.1. The Balaban J connectivity index is 2.80. The molecule has 0 unspecified atom stereocenters. The van der Waals surface area contributed by atoms with Gasteiger partial charge in [0.2, 0.25) is 0 Å². The zero-order valence-corrected chi connectivity index (χ0v) is 16.0. The SMILES string of the molecule is C[C@@H](COc1cnc(Cl)c(C(=O)NC(C)(C)C)c1)NS(=O)(=O)C(F)(F)F. The quantitative estimate of drug-likeness (QED) is 0.693. The molecule has 12 heteroatoms. The summed E-state index contributed by atoms with van der Waals surface area (Å²) in [5.41, 5.74) is -5.93. The zero-order chi connectivity index (χ0) is 20.3. The van der Waals surface area contributed by atoms with Gasteiger partial charge in [-0.2, -0.15) is 13.2 Å². The molecule has 1 heterocycles. The lowest BCUT2D eigenvalue weighted by Gasteiger charge is -2.21. The summed E-state index contributed by atoms with van der Waals surface area (Å²) >= 11 is 5.88. The van der Waals surface area contributed by atoms with Gasteiger partial charge in [-0.15, -0.1) is 0 Å². The van der Waals surface area contributed by atoms with Crippen molar-refractivity contribution in [2.45, 2.75) is 44.8 Å². The highest BCUT2D eigenvalue weighted by Crippen LogP contribution is 2.23. The summed E-state index contributed by atoms with van der Waals surface area (Å²) in [5, 5.41) is 2.60. The second-order valence-electron chi connectivity index (χ2n) is 6.49. The minimum absolute atomic E-state index is 0.0163. The Morgan fingerprint density at radius 3 is 2.42 bits per heavy atom. The van der Waals surface area contributed by atoms with Crippen molar-refractivity contribution in [1.82, 2.24) is 15.0 Å². The van der Waals surface area contributed by atoms with Gasteiger partial charge in [-0.05, 0) is 33.8 Å². The first-order valence-corrected chi connectivity index (χ1v) is 9.18. The normalized spacial score (nSPS) is 14.0. The van der Waals surface area contributed by atoms with Crippen molar-refractivity contribution >= 4 is 27.5 Å². The number of pyridine rings is 1. The molecule has 1 atom stereocenters. The molecule has 1 amide bonds. The second kappa shape index (κ2) is 7.97. The predicted molar refractivity (Wildman–Crippen MR) is 89.5 cm³/mol. The molecule has 2 N–H and O–H groups in total. The Morgan fingerprint density at radius 2 is 1.92 bits per heavy atom. The van der Waals surface area contributed by atoms with Crippen LogP contribution in [0, 0.1) is 0 Å². The van der Waals surface area contributed by atoms with E-state index in [9.17, 15) is 26.4 Å². The number of amides is 1. The Bertz CT molecular complexity index is 764. The summed E-state index contributed by atoms with van der Waals surface area (Å²) in [7, 11) is -5.48. The van der Waals surface area contributed by atoms with Gasteiger partial charge in [-0.3, -0.25) is 4.79 Å². The molecule has 7 nitrogen and oxygen atoms in total. The fourth-order valence-electron chi connectivity index (χ4n) is 1.66. The summed E-state index contributed by atoms with van der Waals surface area (Å²) in [6.07, 6.45) is 1.17. The lowest BCUT2D eigenvalue weighted by molar-refractivity contribution is -0.0451. The average molecular weight is 418 g/mol. The molecule has 1 aromatic rings. The van der Waals surface area contributed by atoms with E-state index in [1.807, 2.05) is 0 Å². The molecule has 148 valence electrons. The molecule has 0 spiro atoms. The summed E-state index contributed by atoms with van der Waals surface area (Å²) in [6.45, 7) is 6.07. The van der Waals surface area contributed by atoms with Crippen LogP contribution in [0.3, 0.4) is 0 Å². The average Bonchev–Trinajstić information content (AvgIpc) is 2.42. The van der Waals surface area contributed by atoms with E-state index in [-0.39, 0.29) is 16.5 Å². The minimum Gasteiger partial charge on any atom is -0.490 e. The Labute approximate surface area is 154 Å². The first-order chi connectivity index (χ1) is 11.6. The number of hydrogen-bond acceptors (Lipinski definition) is 5. The smallest absolute Gasteiger partial charge is 0.490 e. The molecule has 0 aliphatic carbocycles. The number of nitrogens with zero attached hydrogens (tertiary/aromatic N) is 1. The molecular weight excluding hydrogens is 399 g/mol. The van der Waals surface area contributed by atoms with E-state index >= 15 is 0 Å². The van der Waals surface area contributed by atoms with Gasteiger partial charge in [-0.25, -0.2) is 18.1 Å². The minimum atomic E-state index is -5.48. The highest BCUT2D eigenvalue weighted by Gasteiger charge is 2.46. The van der Waals surface area contributed by atoms with E-state index in [0.717, 1.165) is 0 Å². The molecule has 0 saturated heterocycles. The van der Waals surface area contributed by atoms with Crippen molar-refractivity contribution in [2.75, 3.05) is 6.61 Å². The van der Waals surface area contributed by atoms with Crippen LogP contribution in [0.4, 0.5) is 13.2 Å². The highest BCUT2D eigenvalue weighted by molar-refractivity contribution is 7.90. The Morgan fingerprint density at radius 1 is 1.35 bits per heavy atom. The van der Waals surface area contributed by atoms with Crippen LogP contribution in [0.15, 0.2) is 12.3 Å². The van der Waals surface area contributed by atoms with Crippen molar-refractivity contribution in [2.24, 2.45) is 0 Å². The van der Waals surface area contributed by atoms with Crippen LogP contribution in [0.1, 0.15) is 38.1 Å². The molecule has 0 aliphatic rings. The molecular formula is C14H19ClF3N3O4S. The number of aromatic nitrogens is 1. The molecule has 1 rings (SSSR count). The van der Waals surface area contributed by atoms with Gasteiger partial charge in [0.1, 0.15) is 17.5 Å². The number of carbonyl (C=O) groups excluding carboxylic acids is 1. The van der Waals surface area contributed by atoms with Crippen LogP contribution < -0.4 is 14.8 Å². The number of halogens is 4. The highest BCUT2D eigenvalue weighted by atomic mass is 35.5. The number of ether oxygens (including phenoxy) is 1. The van der Waals surface area contributed by atoms with E-state index in [4.69, 9.17) is 16.3 Å². The molecule has 0 bridgehead atoms. The monoisotopic (exact) mass is 417 g/mol. The molecule has 0 radical (unpaired) electrons. The molecule has 0 aromatic carbocycles. The topological polar surface area (TPSA) is 97.4 Å². The maximum Gasteiger partial charge on any atom is 0.511 e. The zero-order valence-electron chi connectivity index (χ0n) is 14.4. The Kier molecular flexibility index (Phi) is 6.88. The van der Waals surface area contributed by atoms with Gasteiger partial charge in [0, 0.05) is 5.54 Å². The maximum absolute atomic E-state index is 12.3. The number of alkyl halides is 3. The van der Waals surface area contributed by atoms with Crippen LogP contribution in [0.2, 0.25) is 5.15 Å². The molecule has 0 fully saturated rings. The number of nitrogens with one attached hydrogen (secondary N) is 2. The fourth-order valence-corrected chi connectivity index (χ4v) is 2.58. The van der Waals surface area contributed by atoms with E-state index in [1.165, 1.54) is 23.9 Å². The second-order valence-corrected chi connectivity index (χ2v) is 8.56. The van der Waals surface area contributed by atoms with Crippen molar-refractivity contribution in [3.8, 4) is 5.75 Å². The third kappa shape index (κ3) is 6.61. The summed E-state index contributed by atoms with van der Waals surface area (Å²) in [4.78, 5) is 15.9. The van der Waals surface area contributed by atoms with Crippen molar-refractivity contribution in [3.05, 3.63) is 23.0 Å². The molecule has 1 aromatic heterocycles. The Hall–Kier alpha value is -1.59. The number of rotatable bonds is 6. The first-order valence-electron chi connectivity index (χ1n) is 7.32. The van der Waals surface area contributed by atoms with Gasteiger partial charge in [0.05, 0.1) is 17.8 Å². The number of hydrogen-bond donors (Lipinski definition) is 2. The summed E-state index contributed by atoms with van der Waals surface area (Å²) in [5.74, 6) is -0.460. The van der Waals surface area contributed by atoms with E-state index < -0.39 is 39.6 Å². The number of carbonyl (C=O) groups is 1. The molecule has 0 saturated carbocycles. The van der Waals surface area contributed by atoms with Crippen LogP contribution in [-0.4, -0.2) is 43.0 Å². The van der Waals surface area contributed by atoms with Gasteiger partial charge < -0.3 is 10.1 Å².